The molecular formula is C16H18F2N2O6S. The van der Waals surface area contributed by atoms with Crippen molar-refractivity contribution in [2.45, 2.75) is 13.0 Å². The number of ether oxygens (including phenoxy) is 3. The van der Waals surface area contributed by atoms with E-state index in [0.717, 1.165) is 19.2 Å². The predicted octanol–water partition coefficient (Wildman–Crippen LogP) is 2.58. The summed E-state index contributed by atoms with van der Waals surface area (Å²) in [6.07, 6.45) is -0.0238. The highest BCUT2D eigenvalue weighted by molar-refractivity contribution is 8.13. The van der Waals surface area contributed by atoms with Gasteiger partial charge in [0.2, 0.25) is 5.91 Å². The van der Waals surface area contributed by atoms with E-state index in [1.165, 1.54) is 23.8 Å². The number of thioether (sulfide) groups is 1. The lowest BCUT2D eigenvalue weighted by molar-refractivity contribution is -0.116. The topological polar surface area (TPSA) is 94.2 Å². The maximum Gasteiger partial charge on any atom is 0.387 e. The highest BCUT2D eigenvalue weighted by atomic mass is 32.2. The van der Waals surface area contributed by atoms with Crippen molar-refractivity contribution in [3.8, 4) is 11.5 Å². The molecule has 8 nitrogen and oxygen atoms in total. The Morgan fingerprint density at radius 2 is 2.04 bits per heavy atom. The van der Waals surface area contributed by atoms with Crippen LogP contribution >= 0.6 is 11.8 Å². The molecule has 1 aliphatic heterocycles. The van der Waals surface area contributed by atoms with Crippen LogP contribution in [-0.4, -0.2) is 61.7 Å². The molecule has 2 rings (SSSR count). The number of carbonyl (C=O) groups is 3. The quantitative estimate of drug-likeness (QED) is 0.666. The molecule has 1 aromatic carbocycles. The number of amides is 2. The minimum atomic E-state index is -3.12. The largest absolute Gasteiger partial charge is 0.493 e. The van der Waals surface area contributed by atoms with E-state index in [1.54, 1.807) is 0 Å². The third-order valence-corrected chi connectivity index (χ3v) is 4.54. The third-order valence-electron chi connectivity index (χ3n) is 3.65. The van der Waals surface area contributed by atoms with Gasteiger partial charge in [0.05, 0.1) is 25.5 Å². The van der Waals surface area contributed by atoms with Crippen molar-refractivity contribution >= 4 is 34.6 Å². The van der Waals surface area contributed by atoms with Crippen LogP contribution in [0.5, 0.6) is 11.5 Å². The first-order chi connectivity index (χ1) is 12.8. The summed E-state index contributed by atoms with van der Waals surface area (Å²) in [7, 11) is 2.36. The van der Waals surface area contributed by atoms with E-state index in [2.05, 4.69) is 14.8 Å². The molecule has 1 aliphatic rings. The zero-order valence-corrected chi connectivity index (χ0v) is 15.4. The van der Waals surface area contributed by atoms with E-state index < -0.39 is 18.5 Å². The molecule has 0 atom stereocenters. The Morgan fingerprint density at radius 1 is 1.30 bits per heavy atom. The first kappa shape index (κ1) is 20.7. The van der Waals surface area contributed by atoms with Gasteiger partial charge >= 0.3 is 12.6 Å². The molecule has 148 valence electrons. The van der Waals surface area contributed by atoms with E-state index in [0.29, 0.717) is 12.3 Å². The Bertz CT molecular complexity index is 731. The summed E-state index contributed by atoms with van der Waals surface area (Å²) in [5, 5.41) is 2.36. The van der Waals surface area contributed by atoms with Gasteiger partial charge in [-0.1, -0.05) is 11.8 Å². The first-order valence-electron chi connectivity index (χ1n) is 7.82. The molecule has 0 unspecified atom stereocenters. The summed E-state index contributed by atoms with van der Waals surface area (Å²) in [4.78, 5) is 37.2. The minimum absolute atomic E-state index is 0.0238. The molecule has 27 heavy (non-hydrogen) atoms. The molecule has 11 heteroatoms. The highest BCUT2D eigenvalue weighted by Gasteiger charge is 2.23. The second-order valence-electron chi connectivity index (χ2n) is 5.32. The fraction of sp³-hybridized carbons (Fsp3) is 0.438. The first-order valence-corrected chi connectivity index (χ1v) is 8.81. The van der Waals surface area contributed by atoms with Crippen LogP contribution in [0.1, 0.15) is 16.8 Å². The van der Waals surface area contributed by atoms with Gasteiger partial charge in [0, 0.05) is 37.4 Å². The third kappa shape index (κ3) is 5.46. The monoisotopic (exact) mass is 404 g/mol. The number of halogens is 2. The fourth-order valence-electron chi connectivity index (χ4n) is 2.37. The Kier molecular flexibility index (Phi) is 7.22. The maximum absolute atomic E-state index is 12.6. The van der Waals surface area contributed by atoms with E-state index in [4.69, 9.17) is 4.74 Å². The number of anilines is 1. The number of nitrogens with one attached hydrogen (secondary N) is 1. The summed E-state index contributed by atoms with van der Waals surface area (Å²) in [5.41, 5.74) is -0.150. The van der Waals surface area contributed by atoms with Gasteiger partial charge in [-0.2, -0.15) is 8.78 Å². The number of rotatable bonds is 8. The Balaban J connectivity index is 2.19. The lowest BCUT2D eigenvalue weighted by atomic mass is 10.1. The molecule has 1 fully saturated rings. The van der Waals surface area contributed by atoms with Crippen molar-refractivity contribution in [3.05, 3.63) is 17.7 Å². The van der Waals surface area contributed by atoms with E-state index in [9.17, 15) is 23.2 Å². The van der Waals surface area contributed by atoms with Crippen LogP contribution in [0.25, 0.3) is 0 Å². The number of carbonyl (C=O) groups excluding carboxylic acids is 3. The molecule has 2 amide bonds. The molecule has 1 N–H and O–H groups in total. The Labute approximate surface area is 158 Å². The lowest BCUT2D eigenvalue weighted by Crippen LogP contribution is -2.28. The molecule has 1 heterocycles. The zero-order chi connectivity index (χ0) is 20.0. The second-order valence-corrected chi connectivity index (χ2v) is 6.36. The molecule has 0 aromatic heterocycles. The number of nitrogens with zero attached hydrogens (tertiary/aromatic N) is 1. The second kappa shape index (κ2) is 9.40. The Hall–Kier alpha value is -2.56. The average molecular weight is 404 g/mol. The van der Waals surface area contributed by atoms with Crippen LogP contribution in [0.2, 0.25) is 0 Å². The number of hydrogen-bond acceptors (Lipinski definition) is 7. The minimum Gasteiger partial charge on any atom is -0.493 e. The summed E-state index contributed by atoms with van der Waals surface area (Å²) in [6, 6.07) is 2.20. The fourth-order valence-corrected chi connectivity index (χ4v) is 3.22. The van der Waals surface area contributed by atoms with E-state index >= 15 is 0 Å². The zero-order valence-electron chi connectivity index (χ0n) is 14.6. The number of hydrogen-bond donors (Lipinski definition) is 1. The molecule has 0 spiro atoms. The summed E-state index contributed by atoms with van der Waals surface area (Å²) in [5.74, 6) is -1.09. The van der Waals surface area contributed by atoms with Gasteiger partial charge in [0.15, 0.2) is 11.5 Å². The molecule has 1 aromatic rings. The van der Waals surface area contributed by atoms with Crippen molar-refractivity contribution in [3.63, 3.8) is 0 Å². The van der Waals surface area contributed by atoms with Gasteiger partial charge in [-0.3, -0.25) is 9.59 Å². The molecule has 0 radical (unpaired) electrons. The standard InChI is InChI=1S/C16H18F2N2O6S/c1-24-11-7-9(14(22)25-2)10(8-12(11)26-15(17)18)19-13(21)3-4-20-5-6-27-16(20)23/h7-8,15H,3-6H2,1-2H3,(H,19,21). The average Bonchev–Trinajstić information content (AvgIpc) is 3.04. The van der Waals surface area contributed by atoms with E-state index in [-0.39, 0.29) is 41.0 Å². The van der Waals surface area contributed by atoms with Gasteiger partial charge < -0.3 is 24.4 Å². The van der Waals surface area contributed by atoms with Crippen molar-refractivity contribution in [2.24, 2.45) is 0 Å². The number of benzene rings is 1. The summed E-state index contributed by atoms with van der Waals surface area (Å²) in [6.45, 7) is -2.36. The predicted molar refractivity (Wildman–Crippen MR) is 93.6 cm³/mol. The van der Waals surface area contributed by atoms with Crippen LogP contribution in [0.15, 0.2) is 12.1 Å². The molecular weight excluding hydrogens is 386 g/mol. The normalized spacial score (nSPS) is 13.7. The van der Waals surface area contributed by atoms with Crippen molar-refractivity contribution in [1.82, 2.24) is 4.90 Å². The van der Waals surface area contributed by atoms with E-state index in [1.807, 2.05) is 0 Å². The van der Waals surface area contributed by atoms with Gasteiger partial charge in [0.25, 0.3) is 5.24 Å². The van der Waals surface area contributed by atoms with Gasteiger partial charge in [-0.05, 0) is 0 Å². The summed E-state index contributed by atoms with van der Waals surface area (Å²) < 4.78 is 39.1. The molecule has 0 aliphatic carbocycles. The maximum atomic E-state index is 12.6. The van der Waals surface area contributed by atoms with Gasteiger partial charge in [-0.25, -0.2) is 4.79 Å². The molecule has 0 saturated carbocycles. The van der Waals surface area contributed by atoms with Gasteiger partial charge in [0.1, 0.15) is 0 Å². The van der Waals surface area contributed by atoms with Crippen LogP contribution in [-0.2, 0) is 9.53 Å². The smallest absolute Gasteiger partial charge is 0.387 e. The molecule has 0 bridgehead atoms. The number of alkyl halides is 2. The SMILES string of the molecule is COC(=O)c1cc(OC)c(OC(F)F)cc1NC(=O)CCN1CCSC1=O. The Morgan fingerprint density at radius 3 is 2.59 bits per heavy atom. The van der Waals surface area contributed by atoms with Crippen LogP contribution < -0.4 is 14.8 Å². The van der Waals surface area contributed by atoms with Crippen LogP contribution in [0.3, 0.4) is 0 Å². The van der Waals surface area contributed by atoms with Gasteiger partial charge in [-0.15, -0.1) is 0 Å². The van der Waals surface area contributed by atoms with Crippen LogP contribution in [0, 0.1) is 0 Å². The summed E-state index contributed by atoms with van der Waals surface area (Å²) >= 11 is 1.17. The number of methoxy groups -OCH3 is 2. The number of esters is 1. The molecule has 1 saturated heterocycles. The van der Waals surface area contributed by atoms with Crippen molar-refractivity contribution in [1.29, 1.82) is 0 Å². The van der Waals surface area contributed by atoms with Crippen molar-refractivity contribution < 1.29 is 37.4 Å². The van der Waals surface area contributed by atoms with Crippen LogP contribution in [0.4, 0.5) is 19.3 Å². The van der Waals surface area contributed by atoms with Crippen molar-refractivity contribution in [2.75, 3.05) is 38.4 Å². The lowest BCUT2D eigenvalue weighted by Gasteiger charge is -2.17. The highest BCUT2D eigenvalue weighted by Crippen LogP contribution is 2.35.